The van der Waals surface area contributed by atoms with Gasteiger partial charge in [-0.2, -0.15) is 0 Å². The Morgan fingerprint density at radius 2 is 2.41 bits per heavy atom. The molecule has 4 nitrogen and oxygen atoms in total. The average Bonchev–Trinajstić information content (AvgIpc) is 2.97. The van der Waals surface area contributed by atoms with Gasteiger partial charge in [0.15, 0.2) is 5.60 Å². The third-order valence-corrected chi connectivity index (χ3v) is 3.55. The summed E-state index contributed by atoms with van der Waals surface area (Å²) in [6.07, 6.45) is 1.53. The number of aliphatic imine (C=N–C) groups is 1. The van der Waals surface area contributed by atoms with E-state index >= 15 is 0 Å². The Morgan fingerprint density at radius 1 is 1.53 bits per heavy atom. The lowest BCUT2D eigenvalue weighted by Crippen LogP contribution is -2.48. The molecule has 0 amide bonds. The van der Waals surface area contributed by atoms with Crippen molar-refractivity contribution in [1.82, 2.24) is 5.32 Å². The Kier molecular flexibility index (Phi) is 2.24. The van der Waals surface area contributed by atoms with E-state index in [0.29, 0.717) is 12.2 Å². The molecule has 17 heavy (non-hydrogen) atoms. The van der Waals surface area contributed by atoms with Crippen molar-refractivity contribution in [1.29, 1.82) is 0 Å². The van der Waals surface area contributed by atoms with Crippen LogP contribution in [0.4, 0.5) is 0 Å². The van der Waals surface area contributed by atoms with Gasteiger partial charge in [-0.25, -0.2) is 0 Å². The highest BCUT2D eigenvalue weighted by Gasteiger charge is 2.44. The van der Waals surface area contributed by atoms with Crippen LogP contribution in [0, 0.1) is 0 Å². The lowest BCUT2D eigenvalue weighted by molar-refractivity contribution is 0.162. The minimum atomic E-state index is -0.405. The van der Waals surface area contributed by atoms with E-state index in [1.807, 2.05) is 12.1 Å². The highest BCUT2D eigenvalue weighted by molar-refractivity contribution is 5.93. The fourth-order valence-electron chi connectivity index (χ4n) is 2.56. The maximum absolute atomic E-state index is 9.86. The zero-order chi connectivity index (χ0) is 11.9. The first-order chi connectivity index (χ1) is 8.25. The zero-order valence-electron chi connectivity index (χ0n) is 9.86. The van der Waals surface area contributed by atoms with Gasteiger partial charge in [0.25, 0.3) is 0 Å². The Bertz CT molecular complexity index is 484. The van der Waals surface area contributed by atoms with Gasteiger partial charge < -0.3 is 15.2 Å². The largest absolute Gasteiger partial charge is 0.508 e. The summed E-state index contributed by atoms with van der Waals surface area (Å²) < 4.78 is 6.06. The van der Waals surface area contributed by atoms with Crippen LogP contribution in [0.1, 0.15) is 18.9 Å². The number of ether oxygens (including phenoxy) is 1. The Morgan fingerprint density at radius 3 is 3.06 bits per heavy atom. The first kappa shape index (κ1) is 10.4. The van der Waals surface area contributed by atoms with Crippen molar-refractivity contribution in [3.63, 3.8) is 0 Å². The maximum atomic E-state index is 9.86. The van der Waals surface area contributed by atoms with E-state index in [1.54, 1.807) is 6.07 Å². The van der Waals surface area contributed by atoms with Crippen LogP contribution in [-0.4, -0.2) is 29.6 Å². The number of phenolic OH excluding ortho intramolecular Hbond substituents is 1. The van der Waals surface area contributed by atoms with E-state index in [1.165, 1.54) is 0 Å². The molecule has 0 bridgehead atoms. The number of benzene rings is 1. The van der Waals surface area contributed by atoms with Crippen LogP contribution in [0.25, 0.3) is 0 Å². The number of nitrogens with one attached hydrogen (secondary N) is 1. The van der Waals surface area contributed by atoms with Crippen molar-refractivity contribution in [2.24, 2.45) is 4.99 Å². The van der Waals surface area contributed by atoms with Crippen molar-refractivity contribution >= 4 is 5.84 Å². The fraction of sp³-hybridized carbons (Fsp3) is 0.462. The van der Waals surface area contributed by atoms with Crippen molar-refractivity contribution in [2.45, 2.75) is 25.4 Å². The number of fused-ring (bicyclic) bond motifs is 1. The lowest BCUT2D eigenvalue weighted by Gasteiger charge is -2.27. The summed E-state index contributed by atoms with van der Waals surface area (Å²) in [5, 5.41) is 13.1. The topological polar surface area (TPSA) is 53.9 Å². The second-order valence-corrected chi connectivity index (χ2v) is 4.54. The van der Waals surface area contributed by atoms with Gasteiger partial charge in [0.05, 0.1) is 6.54 Å². The minimum absolute atomic E-state index is 0.316. The predicted molar refractivity (Wildman–Crippen MR) is 65.8 cm³/mol. The van der Waals surface area contributed by atoms with Gasteiger partial charge in [-0.05, 0) is 18.6 Å². The number of hydrogen-bond acceptors (Lipinski definition) is 4. The van der Waals surface area contributed by atoms with E-state index in [4.69, 9.17) is 4.74 Å². The van der Waals surface area contributed by atoms with Crippen molar-refractivity contribution in [3.8, 4) is 11.5 Å². The van der Waals surface area contributed by atoms with E-state index in [0.717, 1.165) is 36.7 Å². The van der Waals surface area contributed by atoms with Gasteiger partial charge in [-0.3, -0.25) is 4.99 Å². The molecule has 0 saturated heterocycles. The summed E-state index contributed by atoms with van der Waals surface area (Å²) in [4.78, 5) is 4.47. The molecular weight excluding hydrogens is 216 g/mol. The van der Waals surface area contributed by atoms with Crippen LogP contribution in [0.3, 0.4) is 0 Å². The van der Waals surface area contributed by atoms with Crippen LogP contribution in [0.15, 0.2) is 23.2 Å². The average molecular weight is 232 g/mol. The summed E-state index contributed by atoms with van der Waals surface area (Å²) in [6.45, 7) is 3.77. The summed E-state index contributed by atoms with van der Waals surface area (Å²) in [6, 6.07) is 5.42. The van der Waals surface area contributed by atoms with Crippen LogP contribution < -0.4 is 10.1 Å². The van der Waals surface area contributed by atoms with Gasteiger partial charge >= 0.3 is 0 Å². The van der Waals surface area contributed by atoms with E-state index in [-0.39, 0.29) is 0 Å². The molecule has 0 fully saturated rings. The fourth-order valence-corrected chi connectivity index (χ4v) is 2.56. The normalized spacial score (nSPS) is 26.1. The second-order valence-electron chi connectivity index (χ2n) is 4.54. The first-order valence-electron chi connectivity index (χ1n) is 6.04. The van der Waals surface area contributed by atoms with Crippen LogP contribution in [-0.2, 0) is 6.42 Å². The predicted octanol–water partition coefficient (Wildman–Crippen LogP) is 1.48. The third-order valence-electron chi connectivity index (χ3n) is 3.55. The van der Waals surface area contributed by atoms with Gasteiger partial charge in [-0.15, -0.1) is 0 Å². The highest BCUT2D eigenvalue weighted by Crippen LogP contribution is 2.42. The molecule has 0 radical (unpaired) electrons. The Hall–Kier alpha value is -1.71. The number of nitrogens with zero attached hydrogens (tertiary/aromatic N) is 1. The molecule has 2 aliphatic rings. The molecular formula is C13H16N2O2. The number of hydrogen-bond donors (Lipinski definition) is 2. The molecule has 3 rings (SSSR count). The van der Waals surface area contributed by atoms with Crippen LogP contribution in [0.5, 0.6) is 11.5 Å². The van der Waals surface area contributed by atoms with E-state index < -0.39 is 5.60 Å². The molecule has 0 aromatic heterocycles. The van der Waals surface area contributed by atoms with Crippen LogP contribution >= 0.6 is 0 Å². The number of amidine groups is 1. The van der Waals surface area contributed by atoms with Gasteiger partial charge in [0.1, 0.15) is 17.3 Å². The molecule has 2 N–H and O–H groups in total. The van der Waals surface area contributed by atoms with Crippen molar-refractivity contribution in [3.05, 3.63) is 23.8 Å². The van der Waals surface area contributed by atoms with E-state index in [2.05, 4.69) is 17.2 Å². The molecule has 4 heteroatoms. The minimum Gasteiger partial charge on any atom is -0.508 e. The summed E-state index contributed by atoms with van der Waals surface area (Å²) in [5.74, 6) is 2.02. The maximum Gasteiger partial charge on any atom is 0.169 e. The second kappa shape index (κ2) is 3.65. The number of rotatable bonds is 2. The smallest absolute Gasteiger partial charge is 0.169 e. The van der Waals surface area contributed by atoms with Crippen LogP contribution in [0.2, 0.25) is 0 Å². The molecule has 0 aliphatic carbocycles. The quantitative estimate of drug-likeness (QED) is 0.812. The molecule has 1 atom stereocenters. The van der Waals surface area contributed by atoms with Gasteiger partial charge in [0, 0.05) is 18.5 Å². The van der Waals surface area contributed by atoms with Gasteiger partial charge in [-0.1, -0.05) is 13.0 Å². The first-order valence-corrected chi connectivity index (χ1v) is 6.04. The molecule has 0 spiro atoms. The number of aromatic hydroxyl groups is 1. The SMILES string of the molecule is CCC1(C2=NCCN2)Cc2c(O)cccc2O1. The number of phenols is 1. The summed E-state index contributed by atoms with van der Waals surface area (Å²) >= 11 is 0. The molecule has 2 aliphatic heterocycles. The molecule has 1 unspecified atom stereocenters. The Labute approximate surface area is 100 Å². The standard InChI is InChI=1S/C13H16N2O2/c1-2-13(12-14-6-7-15-12)8-9-10(16)4-3-5-11(9)17-13/h3-5,16H,2,6-8H2,1H3,(H,14,15). The third kappa shape index (κ3) is 1.47. The van der Waals surface area contributed by atoms with Crippen molar-refractivity contribution < 1.29 is 9.84 Å². The molecule has 1 aromatic rings. The summed E-state index contributed by atoms with van der Waals surface area (Å²) in [7, 11) is 0. The molecule has 1 aromatic carbocycles. The lowest BCUT2D eigenvalue weighted by atomic mass is 9.92. The molecule has 2 heterocycles. The zero-order valence-corrected chi connectivity index (χ0v) is 9.86. The highest BCUT2D eigenvalue weighted by atomic mass is 16.5. The monoisotopic (exact) mass is 232 g/mol. The molecule has 0 saturated carbocycles. The molecule has 90 valence electrons. The Balaban J connectivity index is 2.00. The van der Waals surface area contributed by atoms with E-state index in [9.17, 15) is 5.11 Å². The van der Waals surface area contributed by atoms with Crippen molar-refractivity contribution in [2.75, 3.05) is 13.1 Å². The van der Waals surface area contributed by atoms with Gasteiger partial charge in [0.2, 0.25) is 0 Å². The summed E-state index contributed by atoms with van der Waals surface area (Å²) in [5.41, 5.74) is 0.489.